The molecule has 0 heterocycles. The summed E-state index contributed by atoms with van der Waals surface area (Å²) < 4.78 is 6.16. The monoisotopic (exact) mass is 388 g/mol. The number of allylic oxidation sites excluding steroid dienone is 3. The Morgan fingerprint density at radius 3 is 2.07 bits per heavy atom. The van der Waals surface area contributed by atoms with Crippen molar-refractivity contribution in [3.63, 3.8) is 0 Å². The quantitative estimate of drug-likeness (QED) is 0.297. The molecule has 0 unspecified atom stereocenters. The second-order valence-electron chi connectivity index (χ2n) is 8.60. The van der Waals surface area contributed by atoms with Crippen LogP contribution in [-0.2, 0) is 11.2 Å². The zero-order valence-electron chi connectivity index (χ0n) is 18.7. The Morgan fingerprint density at radius 2 is 1.45 bits per heavy atom. The second-order valence-corrected chi connectivity index (χ2v) is 8.60. The summed E-state index contributed by atoms with van der Waals surface area (Å²) in [6, 6.07) is 19.2. The predicted molar refractivity (Wildman–Crippen MR) is 128 cm³/mol. The molecule has 2 rings (SSSR count). The molecule has 0 aliphatic carbocycles. The molecule has 0 bridgehead atoms. The molecule has 2 aromatic carbocycles. The fraction of sp³-hybridized carbons (Fsp3) is 0.357. The standard InChI is InChI=1S/C28H36O/c1-23(2)10-9-11-24(3)20-21-29-28(4,5)22-27-18-16-26(17-19-27)15-14-25-12-7-6-8-13-25/h6-8,10,12-20H,9,11,21-22H2,1-5H3/b15-14+,24-20+. The highest BCUT2D eigenvalue weighted by molar-refractivity contribution is 5.69. The Labute approximate surface area is 177 Å². The van der Waals surface area contributed by atoms with Gasteiger partial charge in [0.15, 0.2) is 0 Å². The van der Waals surface area contributed by atoms with E-state index in [-0.39, 0.29) is 5.60 Å². The van der Waals surface area contributed by atoms with Crippen LogP contribution in [0.25, 0.3) is 12.2 Å². The van der Waals surface area contributed by atoms with E-state index in [1.54, 1.807) is 0 Å². The van der Waals surface area contributed by atoms with Crippen molar-refractivity contribution >= 4 is 12.2 Å². The lowest BCUT2D eigenvalue weighted by molar-refractivity contribution is -0.000482. The van der Waals surface area contributed by atoms with Gasteiger partial charge in [-0.15, -0.1) is 0 Å². The van der Waals surface area contributed by atoms with Crippen molar-refractivity contribution in [1.82, 2.24) is 0 Å². The highest BCUT2D eigenvalue weighted by Gasteiger charge is 2.18. The number of hydrogen-bond acceptors (Lipinski definition) is 1. The van der Waals surface area contributed by atoms with Crippen LogP contribution in [0.2, 0.25) is 0 Å². The van der Waals surface area contributed by atoms with Crippen molar-refractivity contribution < 1.29 is 4.74 Å². The molecule has 29 heavy (non-hydrogen) atoms. The Hall–Kier alpha value is -2.38. The summed E-state index contributed by atoms with van der Waals surface area (Å²) >= 11 is 0. The third-order valence-corrected chi connectivity index (χ3v) is 4.87. The van der Waals surface area contributed by atoms with Crippen LogP contribution in [0.1, 0.15) is 64.2 Å². The largest absolute Gasteiger partial charge is 0.371 e. The first-order valence-electron chi connectivity index (χ1n) is 10.6. The third-order valence-electron chi connectivity index (χ3n) is 4.87. The van der Waals surface area contributed by atoms with Gasteiger partial charge in [-0.2, -0.15) is 0 Å². The van der Waals surface area contributed by atoms with E-state index in [9.17, 15) is 0 Å². The zero-order chi connectivity index (χ0) is 21.1. The molecule has 0 atom stereocenters. The van der Waals surface area contributed by atoms with E-state index in [0.29, 0.717) is 6.61 Å². The molecule has 154 valence electrons. The van der Waals surface area contributed by atoms with Crippen molar-refractivity contribution in [2.45, 2.75) is 59.5 Å². The van der Waals surface area contributed by atoms with Gasteiger partial charge in [-0.3, -0.25) is 0 Å². The molecule has 1 nitrogen and oxygen atoms in total. The number of ether oxygens (including phenoxy) is 1. The fourth-order valence-electron chi connectivity index (χ4n) is 3.15. The lowest BCUT2D eigenvalue weighted by Gasteiger charge is -2.25. The Kier molecular flexibility index (Phi) is 9.15. The normalized spacial score (nSPS) is 12.4. The van der Waals surface area contributed by atoms with Crippen LogP contribution in [0.3, 0.4) is 0 Å². The van der Waals surface area contributed by atoms with Crippen LogP contribution in [0.5, 0.6) is 0 Å². The lowest BCUT2D eigenvalue weighted by Crippen LogP contribution is -2.27. The van der Waals surface area contributed by atoms with E-state index in [4.69, 9.17) is 4.74 Å². The third kappa shape index (κ3) is 9.58. The van der Waals surface area contributed by atoms with E-state index in [0.717, 1.165) is 19.3 Å². The molecule has 0 saturated carbocycles. The van der Waals surface area contributed by atoms with Crippen LogP contribution in [-0.4, -0.2) is 12.2 Å². The number of rotatable bonds is 10. The van der Waals surface area contributed by atoms with Gasteiger partial charge < -0.3 is 4.74 Å². The van der Waals surface area contributed by atoms with Crippen LogP contribution in [0, 0.1) is 0 Å². The Balaban J connectivity index is 1.83. The van der Waals surface area contributed by atoms with Crippen molar-refractivity contribution in [3.8, 4) is 0 Å². The molecule has 1 heteroatoms. The minimum atomic E-state index is -0.182. The molecule has 0 spiro atoms. The summed E-state index contributed by atoms with van der Waals surface area (Å²) in [5.41, 5.74) is 6.33. The van der Waals surface area contributed by atoms with Gasteiger partial charge >= 0.3 is 0 Å². The van der Waals surface area contributed by atoms with Crippen LogP contribution in [0.15, 0.2) is 77.9 Å². The lowest BCUT2D eigenvalue weighted by atomic mass is 9.97. The first-order valence-corrected chi connectivity index (χ1v) is 10.6. The average molecular weight is 389 g/mol. The maximum absolute atomic E-state index is 6.16. The van der Waals surface area contributed by atoms with Gasteiger partial charge in [-0.05, 0) is 64.2 Å². The average Bonchev–Trinajstić information content (AvgIpc) is 2.67. The van der Waals surface area contributed by atoms with Gasteiger partial charge in [-0.25, -0.2) is 0 Å². The molecular weight excluding hydrogens is 352 g/mol. The first-order chi connectivity index (χ1) is 13.8. The van der Waals surface area contributed by atoms with E-state index < -0.39 is 0 Å². The van der Waals surface area contributed by atoms with Gasteiger partial charge in [-0.1, -0.05) is 90.0 Å². The van der Waals surface area contributed by atoms with Crippen LogP contribution >= 0.6 is 0 Å². The molecule has 0 saturated heterocycles. The Bertz CT molecular complexity index is 816. The summed E-state index contributed by atoms with van der Waals surface area (Å²) in [7, 11) is 0. The fourth-order valence-corrected chi connectivity index (χ4v) is 3.15. The zero-order valence-corrected chi connectivity index (χ0v) is 18.7. The maximum Gasteiger partial charge on any atom is 0.0670 e. The SMILES string of the molecule is CC(C)=CCC/C(C)=C/COC(C)(C)Cc1ccc(/C=C/c2ccccc2)cc1. The highest BCUT2D eigenvalue weighted by Crippen LogP contribution is 2.19. The summed E-state index contributed by atoms with van der Waals surface area (Å²) in [4.78, 5) is 0. The molecule has 0 N–H and O–H groups in total. The van der Waals surface area contributed by atoms with Gasteiger partial charge in [0.05, 0.1) is 12.2 Å². The number of benzene rings is 2. The summed E-state index contributed by atoms with van der Waals surface area (Å²) in [6.07, 6.45) is 11.9. The highest BCUT2D eigenvalue weighted by atomic mass is 16.5. The predicted octanol–water partition coefficient (Wildman–Crippen LogP) is 7.89. The van der Waals surface area contributed by atoms with E-state index in [2.05, 4.69) is 107 Å². The second kappa shape index (κ2) is 11.6. The van der Waals surface area contributed by atoms with Crippen LogP contribution < -0.4 is 0 Å². The summed E-state index contributed by atoms with van der Waals surface area (Å²) in [6.45, 7) is 11.5. The van der Waals surface area contributed by atoms with E-state index >= 15 is 0 Å². The van der Waals surface area contributed by atoms with Crippen LogP contribution in [0.4, 0.5) is 0 Å². The maximum atomic E-state index is 6.16. The van der Waals surface area contributed by atoms with Crippen molar-refractivity contribution in [1.29, 1.82) is 0 Å². The first kappa shape index (κ1) is 22.9. The van der Waals surface area contributed by atoms with Crippen molar-refractivity contribution in [3.05, 3.63) is 94.6 Å². The minimum Gasteiger partial charge on any atom is -0.371 e. The Morgan fingerprint density at radius 1 is 0.828 bits per heavy atom. The minimum absolute atomic E-state index is 0.182. The topological polar surface area (TPSA) is 9.23 Å². The van der Waals surface area contributed by atoms with Gasteiger partial charge in [0.25, 0.3) is 0 Å². The molecule has 0 fully saturated rings. The van der Waals surface area contributed by atoms with Gasteiger partial charge in [0.1, 0.15) is 0 Å². The molecular formula is C28H36O. The summed E-state index contributed by atoms with van der Waals surface area (Å²) in [5.74, 6) is 0. The smallest absolute Gasteiger partial charge is 0.0670 e. The number of hydrogen-bond donors (Lipinski definition) is 0. The van der Waals surface area contributed by atoms with Crippen molar-refractivity contribution in [2.75, 3.05) is 6.61 Å². The van der Waals surface area contributed by atoms with E-state index in [1.165, 1.54) is 27.8 Å². The van der Waals surface area contributed by atoms with Crippen molar-refractivity contribution in [2.24, 2.45) is 0 Å². The molecule has 0 radical (unpaired) electrons. The van der Waals surface area contributed by atoms with Gasteiger partial charge in [0, 0.05) is 6.42 Å². The molecule has 0 aliphatic heterocycles. The van der Waals surface area contributed by atoms with E-state index in [1.807, 2.05) is 6.07 Å². The van der Waals surface area contributed by atoms with Gasteiger partial charge in [0.2, 0.25) is 0 Å². The molecule has 0 amide bonds. The summed E-state index contributed by atoms with van der Waals surface area (Å²) in [5, 5.41) is 0. The molecule has 0 aromatic heterocycles. The molecule has 0 aliphatic rings. The molecule has 2 aromatic rings.